The highest BCUT2D eigenvalue weighted by molar-refractivity contribution is 5.94. The third-order valence-electron chi connectivity index (χ3n) is 2.20. The van der Waals surface area contributed by atoms with Gasteiger partial charge in [0.25, 0.3) is 11.5 Å². The highest BCUT2D eigenvalue weighted by Gasteiger charge is 2.30. The number of β-amino-alcohol motifs (C(OH)–C–C–N with tert-alkyl or cyclic N) is 1. The Hall–Kier alpha value is -1.89. The van der Waals surface area contributed by atoms with Crippen molar-refractivity contribution in [1.29, 1.82) is 0 Å². The molecule has 1 amide bonds. The van der Waals surface area contributed by atoms with Crippen LogP contribution in [0, 0.1) is 0 Å². The number of carbonyl (C=O) groups excluding carboxylic acids is 1. The minimum absolute atomic E-state index is 0.124. The van der Waals surface area contributed by atoms with Gasteiger partial charge in [-0.1, -0.05) is 0 Å². The smallest absolute Gasteiger partial charge is 0.325 e. The average Bonchev–Trinajstić information content (AvgIpc) is 2.12. The Morgan fingerprint density at radius 2 is 2.13 bits per heavy atom. The molecule has 0 unspecified atom stereocenters. The number of rotatable bonds is 1. The summed E-state index contributed by atoms with van der Waals surface area (Å²) >= 11 is 0. The van der Waals surface area contributed by atoms with Crippen LogP contribution in [0.15, 0.2) is 15.8 Å². The SMILES string of the molecule is O=C(c1c[nH]c(=O)[nH]c1=O)N1CC(O)C1. The molecule has 7 nitrogen and oxygen atoms in total. The average molecular weight is 211 g/mol. The Labute approximate surface area is 83.4 Å². The van der Waals surface area contributed by atoms with E-state index in [2.05, 4.69) is 4.98 Å². The lowest BCUT2D eigenvalue weighted by Gasteiger charge is -2.35. The number of carbonyl (C=O) groups is 1. The molecular weight excluding hydrogens is 202 g/mol. The molecule has 2 heterocycles. The second-order valence-corrected chi connectivity index (χ2v) is 3.35. The predicted molar refractivity (Wildman–Crippen MR) is 49.6 cm³/mol. The van der Waals surface area contributed by atoms with Crippen LogP contribution < -0.4 is 11.2 Å². The zero-order valence-electron chi connectivity index (χ0n) is 7.69. The summed E-state index contributed by atoms with van der Waals surface area (Å²) < 4.78 is 0. The number of H-pyrrole nitrogens is 2. The van der Waals surface area contributed by atoms with E-state index in [1.54, 1.807) is 0 Å². The number of nitrogens with zero attached hydrogens (tertiary/aromatic N) is 1. The number of aliphatic hydroxyl groups excluding tert-OH is 1. The van der Waals surface area contributed by atoms with E-state index in [-0.39, 0.29) is 18.7 Å². The standard InChI is InChI=1S/C8H9N3O4/c12-4-2-11(3-4)7(14)5-1-9-8(15)10-6(5)13/h1,4,12H,2-3H2,(H2,9,10,13,15). The molecule has 0 atom stereocenters. The predicted octanol–water partition coefficient (Wildman–Crippen LogP) is -2.12. The Morgan fingerprint density at radius 1 is 1.47 bits per heavy atom. The summed E-state index contributed by atoms with van der Waals surface area (Å²) in [5.74, 6) is -0.488. The molecule has 7 heteroatoms. The Morgan fingerprint density at radius 3 is 2.67 bits per heavy atom. The molecule has 0 radical (unpaired) electrons. The second-order valence-electron chi connectivity index (χ2n) is 3.35. The van der Waals surface area contributed by atoms with Gasteiger partial charge in [-0.15, -0.1) is 0 Å². The van der Waals surface area contributed by atoms with E-state index < -0.39 is 23.3 Å². The molecular formula is C8H9N3O4. The summed E-state index contributed by atoms with van der Waals surface area (Å²) in [4.78, 5) is 39.0. The van der Waals surface area contributed by atoms with Crippen molar-refractivity contribution >= 4 is 5.91 Å². The molecule has 80 valence electrons. The molecule has 1 aliphatic heterocycles. The van der Waals surface area contributed by atoms with E-state index in [9.17, 15) is 14.4 Å². The highest BCUT2D eigenvalue weighted by Crippen LogP contribution is 2.09. The van der Waals surface area contributed by atoms with E-state index in [4.69, 9.17) is 5.11 Å². The largest absolute Gasteiger partial charge is 0.389 e. The quantitative estimate of drug-likeness (QED) is 0.493. The summed E-state index contributed by atoms with van der Waals surface area (Å²) in [6, 6.07) is 0. The zero-order valence-corrected chi connectivity index (χ0v) is 7.69. The molecule has 1 fully saturated rings. The first-order chi connectivity index (χ1) is 7.08. The summed E-state index contributed by atoms with van der Waals surface area (Å²) in [6.07, 6.45) is 0.560. The van der Waals surface area contributed by atoms with Crippen LogP contribution >= 0.6 is 0 Å². The van der Waals surface area contributed by atoms with Crippen LogP contribution in [-0.4, -0.2) is 45.1 Å². The van der Waals surface area contributed by atoms with Crippen molar-refractivity contribution in [3.05, 3.63) is 32.6 Å². The normalized spacial score (nSPS) is 16.2. The minimum Gasteiger partial charge on any atom is -0.389 e. The van der Waals surface area contributed by atoms with Gasteiger partial charge in [0.15, 0.2) is 0 Å². The van der Waals surface area contributed by atoms with Gasteiger partial charge in [-0.05, 0) is 0 Å². The third kappa shape index (κ3) is 1.68. The molecule has 3 N–H and O–H groups in total. The number of aliphatic hydroxyl groups is 1. The second kappa shape index (κ2) is 3.35. The molecule has 1 aliphatic rings. The molecule has 2 rings (SSSR count). The van der Waals surface area contributed by atoms with Gasteiger partial charge in [0.05, 0.1) is 6.10 Å². The van der Waals surface area contributed by atoms with E-state index in [1.807, 2.05) is 4.98 Å². The van der Waals surface area contributed by atoms with Crippen LogP contribution in [0.2, 0.25) is 0 Å². The van der Waals surface area contributed by atoms with Gasteiger partial charge in [0, 0.05) is 19.3 Å². The van der Waals surface area contributed by atoms with Gasteiger partial charge in [0.1, 0.15) is 5.56 Å². The van der Waals surface area contributed by atoms with Crippen molar-refractivity contribution in [2.45, 2.75) is 6.10 Å². The van der Waals surface area contributed by atoms with Gasteiger partial charge in [-0.3, -0.25) is 14.6 Å². The van der Waals surface area contributed by atoms with Gasteiger partial charge in [-0.25, -0.2) is 4.79 Å². The fourth-order valence-electron chi connectivity index (χ4n) is 1.36. The van der Waals surface area contributed by atoms with E-state index in [1.165, 1.54) is 4.90 Å². The van der Waals surface area contributed by atoms with Crippen LogP contribution in [0.3, 0.4) is 0 Å². The van der Waals surface area contributed by atoms with Gasteiger partial charge in [-0.2, -0.15) is 0 Å². The van der Waals surface area contributed by atoms with E-state index >= 15 is 0 Å². The Bertz CT molecular complexity index is 497. The molecule has 0 saturated carbocycles. The number of hydrogen-bond donors (Lipinski definition) is 3. The lowest BCUT2D eigenvalue weighted by molar-refractivity contribution is 0.00573. The lowest BCUT2D eigenvalue weighted by Crippen LogP contribution is -2.54. The zero-order chi connectivity index (χ0) is 11.0. The maximum absolute atomic E-state index is 11.6. The maximum atomic E-state index is 11.6. The molecule has 1 saturated heterocycles. The Balaban J connectivity index is 2.27. The number of hydrogen-bond acceptors (Lipinski definition) is 4. The van der Waals surface area contributed by atoms with Gasteiger partial charge >= 0.3 is 5.69 Å². The summed E-state index contributed by atoms with van der Waals surface area (Å²) in [6.45, 7) is 0.439. The Kier molecular flexibility index (Phi) is 2.16. The third-order valence-corrected chi connectivity index (χ3v) is 2.20. The van der Waals surface area contributed by atoms with Crippen molar-refractivity contribution in [2.75, 3.05) is 13.1 Å². The van der Waals surface area contributed by atoms with Crippen molar-refractivity contribution in [3.8, 4) is 0 Å². The fraction of sp³-hybridized carbons (Fsp3) is 0.375. The van der Waals surface area contributed by atoms with Crippen LogP contribution in [-0.2, 0) is 0 Å². The topological polar surface area (TPSA) is 106 Å². The molecule has 0 aromatic carbocycles. The molecule has 1 aromatic rings. The van der Waals surface area contributed by atoms with E-state index in [0.717, 1.165) is 6.20 Å². The van der Waals surface area contributed by atoms with Crippen LogP contribution in [0.1, 0.15) is 10.4 Å². The maximum Gasteiger partial charge on any atom is 0.325 e. The number of aromatic amines is 2. The first kappa shape index (κ1) is 9.66. The molecule has 0 spiro atoms. The molecule has 0 aliphatic carbocycles. The van der Waals surface area contributed by atoms with Crippen LogP contribution in [0.5, 0.6) is 0 Å². The van der Waals surface area contributed by atoms with Crippen molar-refractivity contribution < 1.29 is 9.90 Å². The summed E-state index contributed by atoms with van der Waals surface area (Å²) in [7, 11) is 0. The monoisotopic (exact) mass is 211 g/mol. The number of likely N-dealkylation sites (tertiary alicyclic amines) is 1. The minimum atomic E-state index is -0.717. The lowest BCUT2D eigenvalue weighted by atomic mass is 10.1. The van der Waals surface area contributed by atoms with Crippen molar-refractivity contribution in [3.63, 3.8) is 0 Å². The van der Waals surface area contributed by atoms with Gasteiger partial charge in [0.2, 0.25) is 0 Å². The van der Waals surface area contributed by atoms with Gasteiger partial charge < -0.3 is 15.0 Å². The fourth-order valence-corrected chi connectivity index (χ4v) is 1.36. The first-order valence-electron chi connectivity index (χ1n) is 4.37. The van der Waals surface area contributed by atoms with E-state index in [0.29, 0.717) is 0 Å². The summed E-state index contributed by atoms with van der Waals surface area (Å²) in [5, 5.41) is 8.99. The molecule has 15 heavy (non-hydrogen) atoms. The summed E-state index contributed by atoms with van der Waals surface area (Å²) in [5.41, 5.74) is -1.49. The van der Waals surface area contributed by atoms with Crippen LogP contribution in [0.25, 0.3) is 0 Å². The highest BCUT2D eigenvalue weighted by atomic mass is 16.3. The number of nitrogens with one attached hydrogen (secondary N) is 2. The number of amides is 1. The van der Waals surface area contributed by atoms with Crippen LogP contribution in [0.4, 0.5) is 0 Å². The first-order valence-corrected chi connectivity index (χ1v) is 4.37. The molecule has 0 bridgehead atoms. The van der Waals surface area contributed by atoms with Crippen molar-refractivity contribution in [2.24, 2.45) is 0 Å². The number of aromatic nitrogens is 2. The van der Waals surface area contributed by atoms with Crippen molar-refractivity contribution in [1.82, 2.24) is 14.9 Å². The molecule has 1 aromatic heterocycles.